The van der Waals surface area contributed by atoms with Crippen LogP contribution in [0.2, 0.25) is 5.02 Å². The van der Waals surface area contributed by atoms with Crippen molar-refractivity contribution in [2.24, 2.45) is 5.92 Å². The number of rotatable bonds is 4. The van der Waals surface area contributed by atoms with Gasteiger partial charge in [-0.25, -0.2) is 0 Å². The van der Waals surface area contributed by atoms with Crippen LogP contribution in [-0.2, 0) is 0 Å². The lowest BCUT2D eigenvalue weighted by atomic mass is 10.1. The molecule has 1 aromatic rings. The van der Waals surface area contributed by atoms with E-state index in [-0.39, 0.29) is 24.8 Å². The highest BCUT2D eigenvalue weighted by Gasteiger charge is 2.31. The molecule has 1 aromatic heterocycles. The van der Waals surface area contributed by atoms with Crippen molar-refractivity contribution in [3.8, 4) is 0 Å². The molecule has 19 heavy (non-hydrogen) atoms. The molecule has 1 atom stereocenters. The van der Waals surface area contributed by atoms with E-state index < -0.39 is 0 Å². The average molecular weight is 344 g/mol. The normalized spacial score (nSPS) is 21.3. The van der Waals surface area contributed by atoms with E-state index in [1.165, 1.54) is 24.1 Å². The molecular formula is C13H21Cl3N2S. The highest BCUT2D eigenvalue weighted by molar-refractivity contribution is 7.10. The van der Waals surface area contributed by atoms with Gasteiger partial charge in [-0.2, -0.15) is 0 Å². The minimum absolute atomic E-state index is 0. The van der Waals surface area contributed by atoms with Crippen LogP contribution in [0.3, 0.4) is 0 Å². The number of hydrogen-bond acceptors (Lipinski definition) is 3. The molecule has 110 valence electrons. The first-order chi connectivity index (χ1) is 8.34. The van der Waals surface area contributed by atoms with Crippen LogP contribution in [0.5, 0.6) is 0 Å². The molecule has 0 radical (unpaired) electrons. The molecule has 0 spiro atoms. The van der Waals surface area contributed by atoms with Crippen LogP contribution in [0.25, 0.3) is 0 Å². The van der Waals surface area contributed by atoms with Crippen LogP contribution in [-0.4, -0.2) is 31.1 Å². The summed E-state index contributed by atoms with van der Waals surface area (Å²) in [4.78, 5) is 4.01. The lowest BCUT2D eigenvalue weighted by molar-refractivity contribution is 0.163. The summed E-state index contributed by atoms with van der Waals surface area (Å²) in [5, 5.41) is 6.52. The number of piperazine rings is 1. The van der Waals surface area contributed by atoms with E-state index in [4.69, 9.17) is 11.6 Å². The van der Waals surface area contributed by atoms with E-state index in [0.717, 1.165) is 37.1 Å². The lowest BCUT2D eigenvalue weighted by Crippen LogP contribution is -2.45. The van der Waals surface area contributed by atoms with Crippen molar-refractivity contribution < 1.29 is 0 Å². The first-order valence-electron chi connectivity index (χ1n) is 6.52. The summed E-state index contributed by atoms with van der Waals surface area (Å²) < 4.78 is 0. The summed E-state index contributed by atoms with van der Waals surface area (Å²) >= 11 is 8.15. The predicted molar refractivity (Wildman–Crippen MR) is 88.3 cm³/mol. The Balaban J connectivity index is 0.000000902. The highest BCUT2D eigenvalue weighted by Crippen LogP contribution is 2.43. The van der Waals surface area contributed by atoms with Gasteiger partial charge in [0.1, 0.15) is 0 Å². The zero-order valence-electron chi connectivity index (χ0n) is 10.8. The van der Waals surface area contributed by atoms with Crippen LogP contribution in [0, 0.1) is 5.92 Å². The molecule has 1 aliphatic carbocycles. The van der Waals surface area contributed by atoms with Gasteiger partial charge in [-0.05, 0) is 23.8 Å². The first kappa shape index (κ1) is 17.5. The predicted octanol–water partition coefficient (Wildman–Crippen LogP) is 3.99. The molecule has 3 rings (SSSR count). The van der Waals surface area contributed by atoms with Crippen LogP contribution in [0.4, 0.5) is 0 Å². The molecule has 1 saturated heterocycles. The molecule has 1 aliphatic heterocycles. The summed E-state index contributed by atoms with van der Waals surface area (Å²) in [5.74, 6) is 0.952. The van der Waals surface area contributed by atoms with E-state index in [0.29, 0.717) is 6.04 Å². The van der Waals surface area contributed by atoms with Gasteiger partial charge in [-0.3, -0.25) is 4.90 Å². The molecule has 0 bridgehead atoms. The summed E-state index contributed by atoms with van der Waals surface area (Å²) in [5.41, 5.74) is 0. The van der Waals surface area contributed by atoms with E-state index in [9.17, 15) is 0 Å². The fourth-order valence-electron chi connectivity index (χ4n) is 2.63. The Hall–Kier alpha value is 0.490. The number of halogens is 3. The van der Waals surface area contributed by atoms with Crippen molar-refractivity contribution >= 4 is 47.8 Å². The Morgan fingerprint density at radius 2 is 2.00 bits per heavy atom. The van der Waals surface area contributed by atoms with Gasteiger partial charge >= 0.3 is 0 Å². The number of hydrogen-bond donors (Lipinski definition) is 1. The van der Waals surface area contributed by atoms with Crippen molar-refractivity contribution in [1.29, 1.82) is 0 Å². The summed E-state index contributed by atoms with van der Waals surface area (Å²) in [6.07, 6.45) is 4.15. The molecule has 1 N–H and O–H groups in total. The molecule has 2 heterocycles. The van der Waals surface area contributed by atoms with Crippen LogP contribution in [0.15, 0.2) is 11.4 Å². The summed E-state index contributed by atoms with van der Waals surface area (Å²) in [6, 6.07) is 2.61. The smallest absolute Gasteiger partial charge is 0.0561 e. The van der Waals surface area contributed by atoms with E-state index >= 15 is 0 Å². The van der Waals surface area contributed by atoms with Gasteiger partial charge in [0.2, 0.25) is 0 Å². The van der Waals surface area contributed by atoms with Crippen molar-refractivity contribution in [1.82, 2.24) is 10.2 Å². The number of nitrogens with zero attached hydrogens (tertiary/aromatic N) is 1. The van der Waals surface area contributed by atoms with Crippen LogP contribution < -0.4 is 5.32 Å². The SMILES string of the molecule is Cl.Cl.Clc1ccsc1[C@H](CC1CC1)N1CCNCC1. The van der Waals surface area contributed by atoms with Crippen molar-refractivity contribution in [3.05, 3.63) is 21.3 Å². The monoisotopic (exact) mass is 342 g/mol. The molecule has 2 aliphatic rings. The maximum atomic E-state index is 6.33. The maximum Gasteiger partial charge on any atom is 0.0561 e. The highest BCUT2D eigenvalue weighted by atomic mass is 35.5. The molecule has 1 saturated carbocycles. The molecule has 0 unspecified atom stereocenters. The first-order valence-corrected chi connectivity index (χ1v) is 7.78. The van der Waals surface area contributed by atoms with Gasteiger partial charge in [0.25, 0.3) is 0 Å². The van der Waals surface area contributed by atoms with Crippen molar-refractivity contribution in [2.45, 2.75) is 25.3 Å². The zero-order chi connectivity index (χ0) is 11.7. The average Bonchev–Trinajstić information content (AvgIpc) is 3.09. The Bertz CT molecular complexity index is 376. The second kappa shape index (κ2) is 8.06. The molecule has 0 amide bonds. The molecule has 6 heteroatoms. The third-order valence-corrected chi connectivity index (χ3v) is 5.25. The fourth-order valence-corrected chi connectivity index (χ4v) is 3.96. The van der Waals surface area contributed by atoms with Crippen molar-refractivity contribution in [3.63, 3.8) is 0 Å². The van der Waals surface area contributed by atoms with Crippen LogP contribution >= 0.6 is 47.8 Å². The van der Waals surface area contributed by atoms with E-state index in [1.54, 1.807) is 0 Å². The molecular weight excluding hydrogens is 323 g/mol. The molecule has 2 nitrogen and oxygen atoms in total. The van der Waals surface area contributed by atoms with Gasteiger partial charge < -0.3 is 5.32 Å². The van der Waals surface area contributed by atoms with Gasteiger partial charge in [0, 0.05) is 37.1 Å². The van der Waals surface area contributed by atoms with Crippen LogP contribution in [0.1, 0.15) is 30.2 Å². The Kier molecular flexibility index (Phi) is 7.44. The number of nitrogens with one attached hydrogen (secondary N) is 1. The zero-order valence-corrected chi connectivity index (χ0v) is 14.0. The largest absolute Gasteiger partial charge is 0.314 e. The van der Waals surface area contributed by atoms with Gasteiger partial charge in [0.15, 0.2) is 0 Å². The minimum atomic E-state index is 0. The third kappa shape index (κ3) is 4.48. The molecule has 2 fully saturated rings. The van der Waals surface area contributed by atoms with Gasteiger partial charge in [-0.15, -0.1) is 36.2 Å². The quantitative estimate of drug-likeness (QED) is 0.889. The van der Waals surface area contributed by atoms with E-state index in [1.807, 2.05) is 17.4 Å². The van der Waals surface area contributed by atoms with Gasteiger partial charge in [-0.1, -0.05) is 24.4 Å². The summed E-state index contributed by atoms with van der Waals surface area (Å²) in [6.45, 7) is 4.55. The number of thiophene rings is 1. The third-order valence-electron chi connectivity index (χ3n) is 3.79. The fraction of sp³-hybridized carbons (Fsp3) is 0.692. The van der Waals surface area contributed by atoms with Gasteiger partial charge in [0.05, 0.1) is 5.02 Å². The second-order valence-electron chi connectivity index (χ2n) is 5.11. The van der Waals surface area contributed by atoms with E-state index in [2.05, 4.69) is 15.6 Å². The lowest BCUT2D eigenvalue weighted by Gasteiger charge is -2.34. The topological polar surface area (TPSA) is 15.3 Å². The Morgan fingerprint density at radius 3 is 2.53 bits per heavy atom. The van der Waals surface area contributed by atoms with Crippen molar-refractivity contribution in [2.75, 3.05) is 26.2 Å². The second-order valence-corrected chi connectivity index (χ2v) is 6.47. The maximum absolute atomic E-state index is 6.33. The summed E-state index contributed by atoms with van der Waals surface area (Å²) in [7, 11) is 0. The Morgan fingerprint density at radius 1 is 1.32 bits per heavy atom. The standard InChI is InChI=1S/C13H19ClN2S.2ClH/c14-11-3-8-17-13(11)12(9-10-1-2-10)16-6-4-15-5-7-16;;/h3,8,10,12,15H,1-2,4-7,9H2;2*1H/t12-;;/m0../s1. The molecule has 0 aromatic carbocycles. The minimum Gasteiger partial charge on any atom is -0.314 e. The Labute approximate surface area is 136 Å².